The summed E-state index contributed by atoms with van der Waals surface area (Å²) >= 11 is 0. The number of rotatable bonds is 3. The molecule has 19 heavy (non-hydrogen) atoms. The summed E-state index contributed by atoms with van der Waals surface area (Å²) in [6.45, 7) is 5.48. The summed E-state index contributed by atoms with van der Waals surface area (Å²) < 4.78 is 38.3. The van der Waals surface area contributed by atoms with Crippen LogP contribution in [0.3, 0.4) is 0 Å². The molecule has 0 saturated heterocycles. The van der Waals surface area contributed by atoms with Crippen LogP contribution in [0.25, 0.3) is 10.9 Å². The Labute approximate surface area is 113 Å². The Bertz CT molecular complexity index is 696. The van der Waals surface area contributed by atoms with Crippen LogP contribution in [0.5, 0.6) is 0 Å². The van der Waals surface area contributed by atoms with Crippen molar-refractivity contribution in [3.05, 3.63) is 36.3 Å². The van der Waals surface area contributed by atoms with Gasteiger partial charge in [-0.1, -0.05) is 0 Å². The third kappa shape index (κ3) is 2.81. The van der Waals surface area contributed by atoms with E-state index in [9.17, 15) is 12.8 Å². The molecular weight excluding hydrogens is 265 g/mol. The van der Waals surface area contributed by atoms with E-state index >= 15 is 0 Å². The Morgan fingerprint density at radius 3 is 2.53 bits per heavy atom. The molecule has 0 radical (unpaired) electrons. The Balaban J connectivity index is 2.24. The zero-order valence-electron chi connectivity index (χ0n) is 11.4. The number of aromatic nitrogens is 1. The van der Waals surface area contributed by atoms with Gasteiger partial charge in [0.25, 0.3) is 0 Å². The van der Waals surface area contributed by atoms with Crippen molar-refractivity contribution in [3.63, 3.8) is 0 Å². The predicted molar refractivity (Wildman–Crippen MR) is 75.4 cm³/mol. The van der Waals surface area contributed by atoms with E-state index in [0.29, 0.717) is 6.54 Å². The SMILES string of the molecule is CC(C)(C)S(=O)(=O)CCn1ccc2cc(F)ccc21. The summed E-state index contributed by atoms with van der Waals surface area (Å²) in [4.78, 5) is 0. The van der Waals surface area contributed by atoms with Gasteiger partial charge in [0.1, 0.15) is 5.82 Å². The molecule has 0 atom stereocenters. The zero-order valence-corrected chi connectivity index (χ0v) is 12.2. The monoisotopic (exact) mass is 283 g/mol. The summed E-state index contributed by atoms with van der Waals surface area (Å²) in [6.07, 6.45) is 1.79. The average Bonchev–Trinajstić information content (AvgIpc) is 2.67. The lowest BCUT2D eigenvalue weighted by atomic mass is 10.2. The molecule has 0 unspecified atom stereocenters. The molecule has 0 aliphatic rings. The van der Waals surface area contributed by atoms with Crippen molar-refractivity contribution in [3.8, 4) is 0 Å². The van der Waals surface area contributed by atoms with Crippen molar-refractivity contribution in [1.82, 2.24) is 4.57 Å². The quantitative estimate of drug-likeness (QED) is 0.868. The van der Waals surface area contributed by atoms with Crippen LogP contribution in [0, 0.1) is 5.82 Å². The van der Waals surface area contributed by atoms with Gasteiger partial charge in [-0.15, -0.1) is 0 Å². The van der Waals surface area contributed by atoms with E-state index in [1.165, 1.54) is 12.1 Å². The molecule has 2 rings (SSSR count). The summed E-state index contributed by atoms with van der Waals surface area (Å²) in [7, 11) is -3.15. The van der Waals surface area contributed by atoms with E-state index in [1.54, 1.807) is 39.1 Å². The van der Waals surface area contributed by atoms with Crippen LogP contribution in [0.1, 0.15) is 20.8 Å². The van der Waals surface area contributed by atoms with E-state index in [-0.39, 0.29) is 11.6 Å². The van der Waals surface area contributed by atoms with Crippen molar-refractivity contribution in [1.29, 1.82) is 0 Å². The third-order valence-electron chi connectivity index (χ3n) is 3.27. The summed E-state index contributed by atoms with van der Waals surface area (Å²) in [6, 6.07) is 6.30. The van der Waals surface area contributed by atoms with E-state index < -0.39 is 14.6 Å². The standard InChI is InChI=1S/C14H18FNO2S/c1-14(2,3)19(17,18)9-8-16-7-6-11-10-12(15)4-5-13(11)16/h4-7,10H,8-9H2,1-3H3. The van der Waals surface area contributed by atoms with E-state index in [0.717, 1.165) is 10.9 Å². The number of hydrogen-bond donors (Lipinski definition) is 0. The Kier molecular flexibility index (Phi) is 3.43. The van der Waals surface area contributed by atoms with Crippen LogP contribution >= 0.6 is 0 Å². The number of nitrogens with zero attached hydrogens (tertiary/aromatic N) is 1. The molecule has 1 aromatic carbocycles. The van der Waals surface area contributed by atoms with E-state index in [4.69, 9.17) is 0 Å². The fraction of sp³-hybridized carbons (Fsp3) is 0.429. The molecule has 1 heterocycles. The lowest BCUT2D eigenvalue weighted by molar-refractivity contribution is 0.554. The van der Waals surface area contributed by atoms with Crippen molar-refractivity contribution >= 4 is 20.7 Å². The van der Waals surface area contributed by atoms with Crippen LogP contribution in [0.15, 0.2) is 30.5 Å². The van der Waals surface area contributed by atoms with Gasteiger partial charge in [0, 0.05) is 23.6 Å². The van der Waals surface area contributed by atoms with Gasteiger partial charge in [-0.05, 0) is 45.0 Å². The number of halogens is 1. The molecule has 104 valence electrons. The number of aryl methyl sites for hydroxylation is 1. The minimum absolute atomic E-state index is 0.0810. The zero-order chi connectivity index (χ0) is 14.3. The maximum absolute atomic E-state index is 13.1. The van der Waals surface area contributed by atoms with Crippen LogP contribution < -0.4 is 0 Å². The van der Waals surface area contributed by atoms with Crippen LogP contribution in [-0.2, 0) is 16.4 Å². The molecule has 0 aliphatic heterocycles. The van der Waals surface area contributed by atoms with Gasteiger partial charge in [-0.2, -0.15) is 0 Å². The van der Waals surface area contributed by atoms with Crippen molar-refractivity contribution in [2.24, 2.45) is 0 Å². The maximum atomic E-state index is 13.1. The molecule has 0 fully saturated rings. The molecule has 5 heteroatoms. The molecule has 0 N–H and O–H groups in total. The normalized spacial score (nSPS) is 13.1. The first-order valence-electron chi connectivity index (χ1n) is 6.17. The van der Waals surface area contributed by atoms with Crippen LogP contribution in [0.4, 0.5) is 4.39 Å². The number of hydrogen-bond acceptors (Lipinski definition) is 2. The molecule has 2 aromatic rings. The second-order valence-corrected chi connectivity index (χ2v) is 8.51. The van der Waals surface area contributed by atoms with Crippen molar-refractivity contribution in [2.45, 2.75) is 32.1 Å². The molecular formula is C14H18FNO2S. The van der Waals surface area contributed by atoms with E-state index in [2.05, 4.69) is 0 Å². The number of sulfone groups is 1. The Hall–Kier alpha value is -1.36. The van der Waals surface area contributed by atoms with Gasteiger partial charge in [0.15, 0.2) is 9.84 Å². The third-order valence-corrected chi connectivity index (χ3v) is 5.85. The van der Waals surface area contributed by atoms with Crippen molar-refractivity contribution < 1.29 is 12.8 Å². The highest BCUT2D eigenvalue weighted by Crippen LogP contribution is 2.20. The van der Waals surface area contributed by atoms with Crippen LogP contribution in [0.2, 0.25) is 0 Å². The van der Waals surface area contributed by atoms with Gasteiger partial charge in [-0.25, -0.2) is 12.8 Å². The maximum Gasteiger partial charge on any atom is 0.156 e. The first-order valence-corrected chi connectivity index (χ1v) is 7.83. The Morgan fingerprint density at radius 1 is 1.21 bits per heavy atom. The summed E-state index contributed by atoms with van der Waals surface area (Å²) in [5.74, 6) is -0.204. The van der Waals surface area contributed by atoms with Gasteiger partial charge in [-0.3, -0.25) is 0 Å². The fourth-order valence-corrected chi connectivity index (χ4v) is 2.94. The minimum Gasteiger partial charge on any atom is -0.346 e. The van der Waals surface area contributed by atoms with Gasteiger partial charge < -0.3 is 4.57 Å². The topological polar surface area (TPSA) is 39.1 Å². The smallest absolute Gasteiger partial charge is 0.156 e. The Morgan fingerprint density at radius 2 is 1.89 bits per heavy atom. The molecule has 0 spiro atoms. The molecule has 0 aliphatic carbocycles. The van der Waals surface area contributed by atoms with E-state index in [1.807, 2.05) is 4.57 Å². The molecule has 0 saturated carbocycles. The van der Waals surface area contributed by atoms with Gasteiger partial charge >= 0.3 is 0 Å². The molecule has 3 nitrogen and oxygen atoms in total. The lowest BCUT2D eigenvalue weighted by Crippen LogP contribution is -2.31. The summed E-state index contributed by atoms with van der Waals surface area (Å²) in [5.41, 5.74) is 0.852. The molecule has 1 aromatic heterocycles. The highest BCUT2D eigenvalue weighted by molar-refractivity contribution is 7.92. The molecule has 0 bridgehead atoms. The fourth-order valence-electron chi connectivity index (χ4n) is 1.89. The first-order chi connectivity index (χ1) is 8.71. The predicted octanol–water partition coefficient (Wildman–Crippen LogP) is 2.99. The van der Waals surface area contributed by atoms with Crippen LogP contribution in [-0.4, -0.2) is 23.5 Å². The van der Waals surface area contributed by atoms with Gasteiger partial charge in [0.2, 0.25) is 0 Å². The highest BCUT2D eigenvalue weighted by Gasteiger charge is 2.28. The minimum atomic E-state index is -3.15. The average molecular weight is 283 g/mol. The summed E-state index contributed by atoms with van der Waals surface area (Å²) in [5, 5.41) is 0.785. The number of benzene rings is 1. The lowest BCUT2D eigenvalue weighted by Gasteiger charge is -2.19. The van der Waals surface area contributed by atoms with Gasteiger partial charge in [0.05, 0.1) is 10.5 Å². The second kappa shape index (κ2) is 4.63. The largest absolute Gasteiger partial charge is 0.346 e. The number of fused-ring (bicyclic) bond motifs is 1. The first kappa shape index (κ1) is 14.1. The molecule has 0 amide bonds. The van der Waals surface area contributed by atoms with Crippen molar-refractivity contribution in [2.75, 3.05) is 5.75 Å². The second-order valence-electron chi connectivity index (χ2n) is 5.64. The highest BCUT2D eigenvalue weighted by atomic mass is 32.2.